The van der Waals surface area contributed by atoms with Gasteiger partial charge in [-0.3, -0.25) is 0 Å². The van der Waals surface area contributed by atoms with E-state index >= 15 is 0 Å². The molecule has 1 N–H and O–H groups in total. The van der Waals surface area contributed by atoms with Crippen molar-refractivity contribution < 1.29 is 9.53 Å². The number of nitrogens with one attached hydrogen (secondary N) is 1. The van der Waals surface area contributed by atoms with Gasteiger partial charge in [0.25, 0.3) is 0 Å². The number of carbonyl (C=O) groups is 1. The van der Waals surface area contributed by atoms with E-state index in [2.05, 4.69) is 5.32 Å². The van der Waals surface area contributed by atoms with Gasteiger partial charge in [0, 0.05) is 12.0 Å². The maximum Gasteiger partial charge on any atom is 0.410 e. The highest BCUT2D eigenvalue weighted by atomic mass is 16.6. The molecular weight excluding hydrogens is 204 g/mol. The first-order valence-electron chi connectivity index (χ1n) is 6.52. The van der Waals surface area contributed by atoms with Gasteiger partial charge in [-0.1, -0.05) is 0 Å². The van der Waals surface area contributed by atoms with Crippen molar-refractivity contribution >= 4 is 6.09 Å². The van der Waals surface area contributed by atoms with Crippen LogP contribution < -0.4 is 5.32 Å². The monoisotopic (exact) mass is 224 g/mol. The summed E-state index contributed by atoms with van der Waals surface area (Å²) in [6.45, 7) is 2.98. The molecule has 3 aliphatic rings. The van der Waals surface area contributed by atoms with E-state index in [0.29, 0.717) is 12.0 Å². The fourth-order valence-corrected chi connectivity index (χ4v) is 2.96. The Morgan fingerprint density at radius 3 is 2.56 bits per heavy atom. The van der Waals surface area contributed by atoms with Gasteiger partial charge in [0.15, 0.2) is 0 Å². The number of carbonyl (C=O) groups excluding carboxylic acids is 1. The van der Waals surface area contributed by atoms with E-state index in [1.54, 1.807) is 0 Å². The molecule has 0 spiro atoms. The van der Waals surface area contributed by atoms with Gasteiger partial charge in [0.1, 0.15) is 6.10 Å². The molecule has 4 nitrogen and oxygen atoms in total. The average molecular weight is 224 g/mol. The highest BCUT2D eigenvalue weighted by Gasteiger charge is 2.41. The summed E-state index contributed by atoms with van der Waals surface area (Å²) in [7, 11) is 0. The molecule has 0 bridgehead atoms. The van der Waals surface area contributed by atoms with Crippen molar-refractivity contribution in [2.24, 2.45) is 5.92 Å². The number of hydrogen-bond donors (Lipinski definition) is 1. The van der Waals surface area contributed by atoms with Gasteiger partial charge < -0.3 is 15.0 Å². The van der Waals surface area contributed by atoms with Crippen LogP contribution in [0.25, 0.3) is 0 Å². The summed E-state index contributed by atoms with van der Waals surface area (Å²) in [6, 6.07) is 0.485. The van der Waals surface area contributed by atoms with Crippen molar-refractivity contribution in [1.82, 2.24) is 10.2 Å². The van der Waals surface area contributed by atoms with Crippen LogP contribution in [0.5, 0.6) is 0 Å². The minimum atomic E-state index is -0.0618. The summed E-state index contributed by atoms with van der Waals surface area (Å²) in [6.07, 6.45) is 6.02. The third-order valence-corrected chi connectivity index (χ3v) is 4.29. The summed E-state index contributed by atoms with van der Waals surface area (Å²) in [4.78, 5) is 13.7. The van der Waals surface area contributed by atoms with Gasteiger partial charge in [-0.05, 0) is 45.2 Å². The molecule has 4 heteroatoms. The summed E-state index contributed by atoms with van der Waals surface area (Å²) >= 11 is 0. The summed E-state index contributed by atoms with van der Waals surface area (Å²) in [5.41, 5.74) is 0. The molecule has 0 aromatic carbocycles. The average Bonchev–Trinajstić information content (AvgIpc) is 2.60. The topological polar surface area (TPSA) is 41.6 Å². The maximum atomic E-state index is 11.7. The zero-order valence-electron chi connectivity index (χ0n) is 9.65. The predicted molar refractivity (Wildman–Crippen MR) is 60.2 cm³/mol. The van der Waals surface area contributed by atoms with Crippen molar-refractivity contribution in [2.75, 3.05) is 19.6 Å². The largest absolute Gasteiger partial charge is 0.444 e. The highest BCUT2D eigenvalue weighted by Crippen LogP contribution is 2.32. The Labute approximate surface area is 96.3 Å². The summed E-state index contributed by atoms with van der Waals surface area (Å²) in [5, 5.41) is 3.35. The highest BCUT2D eigenvalue weighted by molar-refractivity contribution is 5.70. The third kappa shape index (κ3) is 1.79. The minimum absolute atomic E-state index is 0.0618. The predicted octanol–water partition coefficient (Wildman–Crippen LogP) is 1.36. The van der Waals surface area contributed by atoms with E-state index in [0.717, 1.165) is 32.5 Å². The molecule has 0 aromatic heterocycles. The number of cyclic esters (lactones) is 1. The Kier molecular flexibility index (Phi) is 2.75. The first-order chi connectivity index (χ1) is 7.84. The number of piperidine rings is 1. The molecule has 0 aromatic rings. The van der Waals surface area contributed by atoms with Crippen LogP contribution >= 0.6 is 0 Å². The van der Waals surface area contributed by atoms with Crippen molar-refractivity contribution in [3.8, 4) is 0 Å². The van der Waals surface area contributed by atoms with Crippen molar-refractivity contribution in [1.29, 1.82) is 0 Å². The smallest absolute Gasteiger partial charge is 0.410 e. The van der Waals surface area contributed by atoms with Crippen LogP contribution in [0.2, 0.25) is 0 Å². The second-order valence-electron chi connectivity index (χ2n) is 5.25. The van der Waals surface area contributed by atoms with Gasteiger partial charge >= 0.3 is 6.09 Å². The standard InChI is InChI=1S/C12H20N2O2/c15-12-14(10-2-1-3-10)8-11(16-12)9-4-6-13-7-5-9/h9-11,13H,1-8H2. The van der Waals surface area contributed by atoms with Crippen LogP contribution in [0.4, 0.5) is 4.79 Å². The van der Waals surface area contributed by atoms with E-state index in [9.17, 15) is 4.79 Å². The molecule has 2 aliphatic heterocycles. The Bertz CT molecular complexity index is 272. The zero-order chi connectivity index (χ0) is 11.0. The Morgan fingerprint density at radius 2 is 1.94 bits per heavy atom. The van der Waals surface area contributed by atoms with Crippen LogP contribution in [0.3, 0.4) is 0 Å². The molecule has 3 rings (SSSR count). The molecule has 2 saturated heterocycles. The van der Waals surface area contributed by atoms with E-state index < -0.39 is 0 Å². The van der Waals surface area contributed by atoms with E-state index in [4.69, 9.17) is 4.74 Å². The normalized spacial score (nSPS) is 32.6. The van der Waals surface area contributed by atoms with Crippen LogP contribution in [0.15, 0.2) is 0 Å². The van der Waals surface area contributed by atoms with E-state index in [1.807, 2.05) is 4.90 Å². The quantitative estimate of drug-likeness (QED) is 0.770. The fourth-order valence-electron chi connectivity index (χ4n) is 2.96. The Morgan fingerprint density at radius 1 is 1.19 bits per heavy atom. The molecule has 1 aliphatic carbocycles. The van der Waals surface area contributed by atoms with E-state index in [-0.39, 0.29) is 12.2 Å². The number of amides is 1. The first-order valence-corrected chi connectivity index (χ1v) is 6.52. The lowest BCUT2D eigenvalue weighted by atomic mass is 9.89. The zero-order valence-corrected chi connectivity index (χ0v) is 9.65. The van der Waals surface area contributed by atoms with Crippen molar-refractivity contribution in [2.45, 2.75) is 44.2 Å². The van der Waals surface area contributed by atoms with Crippen LogP contribution in [0, 0.1) is 5.92 Å². The summed E-state index contributed by atoms with van der Waals surface area (Å²) in [5.74, 6) is 0.579. The second kappa shape index (κ2) is 4.24. The molecule has 2 heterocycles. The molecule has 90 valence electrons. The van der Waals surface area contributed by atoms with Crippen LogP contribution in [0.1, 0.15) is 32.1 Å². The van der Waals surface area contributed by atoms with Gasteiger partial charge in [0.2, 0.25) is 0 Å². The molecule has 16 heavy (non-hydrogen) atoms. The van der Waals surface area contributed by atoms with Gasteiger partial charge in [0.05, 0.1) is 6.54 Å². The molecule has 1 amide bonds. The van der Waals surface area contributed by atoms with Crippen LogP contribution in [-0.2, 0) is 4.74 Å². The lowest BCUT2D eigenvalue weighted by molar-refractivity contribution is 0.0887. The third-order valence-electron chi connectivity index (χ3n) is 4.29. The Balaban J connectivity index is 1.59. The molecule has 1 unspecified atom stereocenters. The lowest BCUT2D eigenvalue weighted by Gasteiger charge is -2.33. The van der Waals surface area contributed by atoms with E-state index in [1.165, 1.54) is 19.3 Å². The molecule has 1 atom stereocenters. The SMILES string of the molecule is O=C1OC(C2CCNCC2)CN1C1CCC1. The summed E-state index contributed by atoms with van der Waals surface area (Å²) < 4.78 is 5.53. The number of hydrogen-bond acceptors (Lipinski definition) is 3. The second-order valence-corrected chi connectivity index (χ2v) is 5.25. The molecule has 0 radical (unpaired) electrons. The molecule has 1 saturated carbocycles. The van der Waals surface area contributed by atoms with Crippen molar-refractivity contribution in [3.63, 3.8) is 0 Å². The number of nitrogens with zero attached hydrogens (tertiary/aromatic N) is 1. The first kappa shape index (κ1) is 10.4. The molecular formula is C12H20N2O2. The van der Waals surface area contributed by atoms with Crippen molar-refractivity contribution in [3.05, 3.63) is 0 Å². The maximum absolute atomic E-state index is 11.7. The van der Waals surface area contributed by atoms with Gasteiger partial charge in [-0.15, -0.1) is 0 Å². The molecule has 3 fully saturated rings. The Hall–Kier alpha value is -0.770. The minimum Gasteiger partial charge on any atom is -0.444 e. The van der Waals surface area contributed by atoms with Gasteiger partial charge in [-0.2, -0.15) is 0 Å². The lowest BCUT2D eigenvalue weighted by Crippen LogP contribution is -2.42. The number of ether oxygens (including phenoxy) is 1. The van der Waals surface area contributed by atoms with Gasteiger partial charge in [-0.25, -0.2) is 4.79 Å². The fraction of sp³-hybridized carbons (Fsp3) is 0.917. The van der Waals surface area contributed by atoms with Crippen LogP contribution in [-0.4, -0.2) is 42.8 Å². The number of rotatable bonds is 2.